The predicted molar refractivity (Wildman–Crippen MR) is 261 cm³/mol. The van der Waals surface area contributed by atoms with Crippen LogP contribution in [0.4, 0.5) is 0 Å². The Morgan fingerprint density at radius 2 is 0.810 bits per heavy atom. The van der Waals surface area contributed by atoms with Crippen LogP contribution in [0.2, 0.25) is 0 Å². The third-order valence-corrected chi connectivity index (χ3v) is 12.6. The van der Waals surface area contributed by atoms with E-state index in [0.717, 1.165) is 78.0 Å². The molecule has 13 aromatic rings. The van der Waals surface area contributed by atoms with Crippen molar-refractivity contribution in [1.82, 2.24) is 23.7 Å². The maximum absolute atomic E-state index is 5.38. The van der Waals surface area contributed by atoms with Crippen molar-refractivity contribution in [2.24, 2.45) is 0 Å². The minimum Gasteiger partial charge on any atom is -0.309 e. The lowest BCUT2D eigenvalue weighted by molar-refractivity contribution is 1.16. The van der Waals surface area contributed by atoms with E-state index in [1.165, 1.54) is 32.6 Å². The van der Waals surface area contributed by atoms with Crippen molar-refractivity contribution >= 4 is 65.4 Å². The summed E-state index contributed by atoms with van der Waals surface area (Å²) in [6.07, 6.45) is 0. The molecule has 13 rings (SSSR count). The van der Waals surface area contributed by atoms with Crippen LogP contribution < -0.4 is 0 Å². The molecule has 5 heteroatoms. The van der Waals surface area contributed by atoms with E-state index < -0.39 is 0 Å². The molecule has 4 aromatic heterocycles. The first-order chi connectivity index (χ1) is 31.3. The smallest absolute Gasteiger partial charge is 0.160 e. The minimum atomic E-state index is 0.695. The van der Waals surface area contributed by atoms with Gasteiger partial charge in [-0.2, -0.15) is 0 Å². The van der Waals surface area contributed by atoms with Gasteiger partial charge in [0.1, 0.15) is 0 Å². The summed E-state index contributed by atoms with van der Waals surface area (Å²) in [6.45, 7) is 0. The van der Waals surface area contributed by atoms with Crippen LogP contribution in [0.25, 0.3) is 116 Å². The standard InChI is InChI=1S/C58H37N5/c1-5-18-38(19-6-1)48-37-49(60-58(59-48)39-20-7-2-8-21-39)45-28-17-31-52-55(45)47-34-35-53-56(46-27-14-16-30-51(46)61(53)40-22-9-3-10-23-40)57(47)63(52)42-32-33-44-43-26-13-15-29-50(43)62(54(44)36-42)41-24-11-4-12-25-41/h1-37H. The number of hydrogen-bond acceptors (Lipinski definition) is 2. The predicted octanol–water partition coefficient (Wildman–Crippen LogP) is 14.8. The highest BCUT2D eigenvalue weighted by Gasteiger charge is 2.24. The van der Waals surface area contributed by atoms with Crippen molar-refractivity contribution in [1.29, 1.82) is 0 Å². The van der Waals surface area contributed by atoms with Crippen molar-refractivity contribution in [3.8, 4) is 51.0 Å². The molecule has 0 unspecified atom stereocenters. The normalized spacial score (nSPS) is 11.8. The van der Waals surface area contributed by atoms with Crippen LogP contribution in [-0.4, -0.2) is 23.7 Å². The van der Waals surface area contributed by atoms with E-state index in [1.807, 2.05) is 24.3 Å². The first kappa shape index (κ1) is 35.2. The Kier molecular flexibility index (Phi) is 7.84. The fourth-order valence-corrected chi connectivity index (χ4v) is 9.95. The summed E-state index contributed by atoms with van der Waals surface area (Å²) in [6, 6.07) is 80.2. The number of fused-ring (bicyclic) bond motifs is 10. The Bertz CT molecular complexity index is 3820. The van der Waals surface area contributed by atoms with E-state index in [4.69, 9.17) is 9.97 Å². The van der Waals surface area contributed by atoms with Gasteiger partial charge in [-0.25, -0.2) is 9.97 Å². The Balaban J connectivity index is 1.18. The summed E-state index contributed by atoms with van der Waals surface area (Å²) in [5.74, 6) is 0.695. The van der Waals surface area contributed by atoms with Gasteiger partial charge in [-0.1, -0.05) is 158 Å². The van der Waals surface area contributed by atoms with Gasteiger partial charge < -0.3 is 13.7 Å². The van der Waals surface area contributed by atoms with E-state index >= 15 is 0 Å². The zero-order valence-corrected chi connectivity index (χ0v) is 34.1. The van der Waals surface area contributed by atoms with Crippen molar-refractivity contribution in [2.45, 2.75) is 0 Å². The summed E-state index contributed by atoms with van der Waals surface area (Å²) in [4.78, 5) is 10.5. The third-order valence-electron chi connectivity index (χ3n) is 12.6. The number of rotatable bonds is 6. The highest BCUT2D eigenvalue weighted by molar-refractivity contribution is 6.28. The molecule has 0 aliphatic heterocycles. The molecule has 0 spiro atoms. The fraction of sp³-hybridized carbons (Fsp3) is 0. The second kappa shape index (κ2) is 14.0. The number of para-hydroxylation sites is 4. The lowest BCUT2D eigenvalue weighted by atomic mass is 10.0. The molecule has 0 radical (unpaired) electrons. The van der Waals surface area contributed by atoms with Crippen molar-refractivity contribution in [2.75, 3.05) is 0 Å². The van der Waals surface area contributed by atoms with Gasteiger partial charge >= 0.3 is 0 Å². The number of aromatic nitrogens is 5. The fourth-order valence-electron chi connectivity index (χ4n) is 9.95. The maximum atomic E-state index is 5.38. The monoisotopic (exact) mass is 803 g/mol. The Morgan fingerprint density at radius 3 is 1.52 bits per heavy atom. The number of hydrogen-bond donors (Lipinski definition) is 0. The van der Waals surface area contributed by atoms with Gasteiger partial charge in [-0.05, 0) is 66.7 Å². The molecule has 63 heavy (non-hydrogen) atoms. The Hall–Kier alpha value is -8.54. The Labute approximate surface area is 363 Å². The first-order valence-electron chi connectivity index (χ1n) is 21.4. The molecule has 5 nitrogen and oxygen atoms in total. The minimum absolute atomic E-state index is 0.695. The maximum Gasteiger partial charge on any atom is 0.160 e. The molecule has 0 atom stereocenters. The van der Waals surface area contributed by atoms with Gasteiger partial charge in [0.2, 0.25) is 0 Å². The molecule has 0 aliphatic rings. The van der Waals surface area contributed by atoms with Gasteiger partial charge in [0, 0.05) is 66.1 Å². The lowest BCUT2D eigenvalue weighted by Gasteiger charge is -2.13. The van der Waals surface area contributed by atoms with Crippen LogP contribution in [0.3, 0.4) is 0 Å². The Morgan fingerprint density at radius 1 is 0.286 bits per heavy atom. The summed E-state index contributed by atoms with van der Waals surface area (Å²) >= 11 is 0. The second-order valence-electron chi connectivity index (χ2n) is 16.2. The first-order valence-corrected chi connectivity index (χ1v) is 21.4. The average Bonchev–Trinajstić information content (AvgIpc) is 4.00. The van der Waals surface area contributed by atoms with E-state index in [2.05, 4.69) is 214 Å². The zero-order valence-electron chi connectivity index (χ0n) is 34.1. The number of nitrogens with zero attached hydrogens (tertiary/aromatic N) is 5. The molecule has 4 heterocycles. The van der Waals surface area contributed by atoms with Gasteiger partial charge in [-0.3, -0.25) is 0 Å². The molecule has 9 aromatic carbocycles. The van der Waals surface area contributed by atoms with Gasteiger partial charge in [-0.15, -0.1) is 0 Å². The van der Waals surface area contributed by atoms with Gasteiger partial charge in [0.25, 0.3) is 0 Å². The quantitative estimate of drug-likeness (QED) is 0.168. The van der Waals surface area contributed by atoms with E-state index in [-0.39, 0.29) is 0 Å². The summed E-state index contributed by atoms with van der Waals surface area (Å²) in [5, 5.41) is 7.16. The molecular weight excluding hydrogens is 767 g/mol. The SMILES string of the molecule is c1ccc(-c2cc(-c3cccc4c3c3ccc5c(c6ccccc6n5-c5ccccc5)c3n4-c3ccc4c5ccccc5n(-c5ccccc5)c4c3)nc(-c3ccccc3)n2)cc1. The summed E-state index contributed by atoms with van der Waals surface area (Å²) in [5.41, 5.74) is 15.1. The average molecular weight is 804 g/mol. The third kappa shape index (κ3) is 5.43. The molecule has 0 N–H and O–H groups in total. The zero-order chi connectivity index (χ0) is 41.4. The van der Waals surface area contributed by atoms with E-state index in [9.17, 15) is 0 Å². The van der Waals surface area contributed by atoms with Crippen LogP contribution in [0.1, 0.15) is 0 Å². The molecule has 0 amide bonds. The molecule has 0 aliphatic carbocycles. The lowest BCUT2D eigenvalue weighted by Crippen LogP contribution is -1.98. The largest absolute Gasteiger partial charge is 0.309 e. The van der Waals surface area contributed by atoms with Gasteiger partial charge in [0.15, 0.2) is 5.82 Å². The topological polar surface area (TPSA) is 40.6 Å². The molecule has 0 saturated carbocycles. The molecule has 0 bridgehead atoms. The van der Waals surface area contributed by atoms with E-state index in [1.54, 1.807) is 0 Å². The highest BCUT2D eigenvalue weighted by Crippen LogP contribution is 2.45. The number of benzene rings is 9. The van der Waals surface area contributed by atoms with Crippen LogP contribution >= 0.6 is 0 Å². The van der Waals surface area contributed by atoms with Crippen LogP contribution in [0, 0.1) is 0 Å². The summed E-state index contributed by atoms with van der Waals surface area (Å²) < 4.78 is 7.32. The second-order valence-corrected chi connectivity index (χ2v) is 16.2. The molecule has 0 saturated heterocycles. The summed E-state index contributed by atoms with van der Waals surface area (Å²) in [7, 11) is 0. The van der Waals surface area contributed by atoms with Gasteiger partial charge in [0.05, 0.1) is 44.5 Å². The molecular formula is C58H37N5. The van der Waals surface area contributed by atoms with E-state index in [0.29, 0.717) is 5.82 Å². The molecule has 294 valence electrons. The molecule has 0 fully saturated rings. The van der Waals surface area contributed by atoms with Crippen LogP contribution in [-0.2, 0) is 0 Å². The van der Waals surface area contributed by atoms with Crippen molar-refractivity contribution in [3.63, 3.8) is 0 Å². The van der Waals surface area contributed by atoms with Crippen molar-refractivity contribution in [3.05, 3.63) is 224 Å². The van der Waals surface area contributed by atoms with Crippen LogP contribution in [0.15, 0.2) is 224 Å². The van der Waals surface area contributed by atoms with Crippen molar-refractivity contribution < 1.29 is 0 Å². The highest BCUT2D eigenvalue weighted by atomic mass is 15.0. The van der Waals surface area contributed by atoms with Crippen LogP contribution in [0.5, 0.6) is 0 Å².